The van der Waals surface area contributed by atoms with Crippen LogP contribution in [0, 0.1) is 0 Å². The monoisotopic (exact) mass is 388 g/mol. The fraction of sp³-hybridized carbons (Fsp3) is 0.200. The van der Waals surface area contributed by atoms with Gasteiger partial charge in [-0.1, -0.05) is 30.8 Å². The number of nitrogens with one attached hydrogen (secondary N) is 1. The van der Waals surface area contributed by atoms with Crippen molar-refractivity contribution in [2.75, 3.05) is 13.7 Å². The van der Waals surface area contributed by atoms with Crippen LogP contribution >= 0.6 is 0 Å². The lowest BCUT2D eigenvalue weighted by Crippen LogP contribution is -2.36. The summed E-state index contributed by atoms with van der Waals surface area (Å²) in [5.74, 6) is -0.655. The summed E-state index contributed by atoms with van der Waals surface area (Å²) in [4.78, 5) is 26.0. The molecule has 2 amide bonds. The van der Waals surface area contributed by atoms with Gasteiger partial charge in [-0.15, -0.1) is 0 Å². The van der Waals surface area contributed by atoms with Gasteiger partial charge in [-0.25, -0.2) is 0 Å². The number of hydrogen-bond acceptors (Lipinski definition) is 4. The number of carbonyl (C=O) groups excluding carboxylic acids is 2. The van der Waals surface area contributed by atoms with E-state index in [9.17, 15) is 18.4 Å². The van der Waals surface area contributed by atoms with Crippen LogP contribution in [0.5, 0.6) is 11.5 Å². The number of alkyl halides is 2. The molecule has 0 saturated heterocycles. The van der Waals surface area contributed by atoms with Gasteiger partial charge in [-0.05, 0) is 23.8 Å². The minimum Gasteiger partial charge on any atom is -0.493 e. The van der Waals surface area contributed by atoms with Crippen molar-refractivity contribution < 1.29 is 27.8 Å². The predicted molar refractivity (Wildman–Crippen MR) is 98.0 cm³/mol. The SMILES string of the molecule is C=C1c2ccccc2C(=O)N1CC(=O)NCc1ccc(OC)c(OC(F)F)c1. The van der Waals surface area contributed by atoms with Gasteiger partial charge < -0.3 is 14.8 Å². The summed E-state index contributed by atoms with van der Waals surface area (Å²) in [5, 5.41) is 2.65. The van der Waals surface area contributed by atoms with E-state index in [0.717, 1.165) is 0 Å². The fourth-order valence-corrected chi connectivity index (χ4v) is 2.92. The zero-order valence-corrected chi connectivity index (χ0v) is 15.1. The summed E-state index contributed by atoms with van der Waals surface area (Å²) in [5.41, 5.74) is 2.21. The van der Waals surface area contributed by atoms with Gasteiger partial charge in [0.15, 0.2) is 11.5 Å². The van der Waals surface area contributed by atoms with Crippen LogP contribution in [0.25, 0.3) is 5.70 Å². The van der Waals surface area contributed by atoms with Crippen molar-refractivity contribution in [3.05, 3.63) is 65.7 Å². The van der Waals surface area contributed by atoms with Crippen LogP contribution in [0.2, 0.25) is 0 Å². The van der Waals surface area contributed by atoms with E-state index in [1.165, 1.54) is 24.1 Å². The largest absolute Gasteiger partial charge is 0.493 e. The molecule has 1 aliphatic rings. The summed E-state index contributed by atoms with van der Waals surface area (Å²) >= 11 is 0. The van der Waals surface area contributed by atoms with Gasteiger partial charge in [0, 0.05) is 23.4 Å². The molecule has 3 rings (SSSR count). The molecule has 6 nitrogen and oxygen atoms in total. The van der Waals surface area contributed by atoms with E-state index in [4.69, 9.17) is 4.74 Å². The molecule has 2 aromatic rings. The van der Waals surface area contributed by atoms with E-state index in [1.54, 1.807) is 30.3 Å². The van der Waals surface area contributed by atoms with E-state index >= 15 is 0 Å². The van der Waals surface area contributed by atoms with Gasteiger partial charge in [-0.2, -0.15) is 8.78 Å². The molecule has 0 radical (unpaired) electrons. The van der Waals surface area contributed by atoms with Crippen molar-refractivity contribution in [1.29, 1.82) is 0 Å². The Morgan fingerprint density at radius 2 is 1.89 bits per heavy atom. The maximum Gasteiger partial charge on any atom is 0.387 e. The Balaban J connectivity index is 1.62. The van der Waals surface area contributed by atoms with Crippen molar-refractivity contribution in [2.45, 2.75) is 13.2 Å². The van der Waals surface area contributed by atoms with Gasteiger partial charge in [0.1, 0.15) is 6.54 Å². The Bertz CT molecular complexity index is 895. The molecule has 0 fully saturated rings. The third-order valence-corrected chi connectivity index (χ3v) is 4.27. The van der Waals surface area contributed by atoms with Crippen LogP contribution in [0.3, 0.4) is 0 Å². The second kappa shape index (κ2) is 8.08. The summed E-state index contributed by atoms with van der Waals surface area (Å²) in [6.45, 7) is 0.769. The van der Waals surface area contributed by atoms with Gasteiger partial charge in [0.25, 0.3) is 5.91 Å². The van der Waals surface area contributed by atoms with Gasteiger partial charge in [0.05, 0.1) is 7.11 Å². The molecule has 1 N–H and O–H groups in total. The molecule has 0 atom stereocenters. The normalized spacial score (nSPS) is 12.9. The van der Waals surface area contributed by atoms with Crippen LogP contribution in [-0.4, -0.2) is 37.0 Å². The second-order valence-electron chi connectivity index (χ2n) is 6.02. The van der Waals surface area contributed by atoms with Crippen LogP contribution in [0.1, 0.15) is 21.5 Å². The van der Waals surface area contributed by atoms with Crippen molar-refractivity contribution in [2.24, 2.45) is 0 Å². The lowest BCUT2D eigenvalue weighted by Gasteiger charge is -2.17. The number of carbonyl (C=O) groups is 2. The van der Waals surface area contributed by atoms with Crippen molar-refractivity contribution in [1.82, 2.24) is 10.2 Å². The number of halogens is 2. The van der Waals surface area contributed by atoms with Crippen LogP contribution in [0.15, 0.2) is 49.0 Å². The first-order valence-electron chi connectivity index (χ1n) is 8.39. The minimum atomic E-state index is -2.99. The molecule has 0 saturated carbocycles. The van der Waals surface area contributed by atoms with E-state index in [0.29, 0.717) is 22.4 Å². The summed E-state index contributed by atoms with van der Waals surface area (Å²) in [6.07, 6.45) is 0. The third kappa shape index (κ3) is 3.95. The minimum absolute atomic E-state index is 0.0733. The molecule has 1 aliphatic heterocycles. The lowest BCUT2D eigenvalue weighted by atomic mass is 10.1. The predicted octanol–water partition coefficient (Wildman–Crippen LogP) is 3.04. The quantitative estimate of drug-likeness (QED) is 0.792. The number of methoxy groups -OCH3 is 1. The van der Waals surface area contributed by atoms with E-state index < -0.39 is 12.5 Å². The Labute approximate surface area is 160 Å². The topological polar surface area (TPSA) is 67.9 Å². The molecule has 0 spiro atoms. The smallest absolute Gasteiger partial charge is 0.387 e. The van der Waals surface area contributed by atoms with Crippen molar-refractivity contribution >= 4 is 17.5 Å². The van der Waals surface area contributed by atoms with Gasteiger partial charge in [0.2, 0.25) is 5.91 Å². The molecule has 0 unspecified atom stereocenters. The van der Waals surface area contributed by atoms with Crippen molar-refractivity contribution in [3.63, 3.8) is 0 Å². The number of nitrogens with zero attached hydrogens (tertiary/aromatic N) is 1. The van der Waals surface area contributed by atoms with Crippen molar-refractivity contribution in [3.8, 4) is 11.5 Å². The third-order valence-electron chi connectivity index (χ3n) is 4.27. The molecule has 0 bridgehead atoms. The molecule has 28 heavy (non-hydrogen) atoms. The number of rotatable bonds is 7. The van der Waals surface area contributed by atoms with Crippen LogP contribution in [-0.2, 0) is 11.3 Å². The number of ether oxygens (including phenoxy) is 2. The van der Waals surface area contributed by atoms with E-state index in [2.05, 4.69) is 16.6 Å². The highest BCUT2D eigenvalue weighted by Gasteiger charge is 2.31. The molecule has 2 aromatic carbocycles. The Morgan fingerprint density at radius 1 is 1.18 bits per heavy atom. The lowest BCUT2D eigenvalue weighted by molar-refractivity contribution is -0.121. The second-order valence-corrected chi connectivity index (χ2v) is 6.02. The van der Waals surface area contributed by atoms with Gasteiger partial charge >= 0.3 is 6.61 Å². The Kier molecular flexibility index (Phi) is 5.58. The maximum absolute atomic E-state index is 12.5. The molecule has 0 aliphatic carbocycles. The molecule has 8 heteroatoms. The number of benzene rings is 2. The van der Waals surface area contributed by atoms with E-state index in [1.807, 2.05) is 0 Å². The van der Waals surface area contributed by atoms with Gasteiger partial charge in [-0.3, -0.25) is 14.5 Å². The van der Waals surface area contributed by atoms with Crippen LogP contribution in [0.4, 0.5) is 8.78 Å². The first-order chi connectivity index (χ1) is 13.4. The zero-order valence-electron chi connectivity index (χ0n) is 15.1. The zero-order chi connectivity index (χ0) is 20.3. The standard InChI is InChI=1S/C20H18F2N2O4/c1-12-14-5-3-4-6-15(14)19(26)24(12)11-18(25)23-10-13-7-8-16(27-2)17(9-13)28-20(21)22/h3-9,20H,1,10-11H2,2H3,(H,23,25). The molecular weight excluding hydrogens is 370 g/mol. The Morgan fingerprint density at radius 3 is 2.54 bits per heavy atom. The first-order valence-corrected chi connectivity index (χ1v) is 8.39. The average molecular weight is 388 g/mol. The molecule has 0 aromatic heterocycles. The van der Waals surface area contributed by atoms with Crippen LogP contribution < -0.4 is 14.8 Å². The summed E-state index contributed by atoms with van der Waals surface area (Å²) < 4.78 is 34.4. The Hall–Kier alpha value is -3.42. The first kappa shape index (κ1) is 19.3. The highest BCUT2D eigenvalue weighted by Crippen LogP contribution is 2.31. The number of amides is 2. The molecule has 1 heterocycles. The highest BCUT2D eigenvalue weighted by molar-refractivity contribution is 6.10. The number of hydrogen-bond donors (Lipinski definition) is 1. The average Bonchev–Trinajstić information content (AvgIpc) is 2.91. The van der Waals surface area contributed by atoms with E-state index in [-0.39, 0.29) is 30.5 Å². The summed E-state index contributed by atoms with van der Waals surface area (Å²) in [7, 11) is 1.34. The summed E-state index contributed by atoms with van der Waals surface area (Å²) in [6, 6.07) is 11.5. The fourth-order valence-electron chi connectivity index (χ4n) is 2.92. The highest BCUT2D eigenvalue weighted by atomic mass is 19.3. The maximum atomic E-state index is 12.5. The molecular formula is C20H18F2N2O4. The molecule has 146 valence electrons. The number of fused-ring (bicyclic) bond motifs is 1.